The first-order chi connectivity index (χ1) is 7.11. The van der Waals surface area contributed by atoms with Crippen molar-refractivity contribution in [3.8, 4) is 6.07 Å². The Hall–Kier alpha value is -1.77. The predicted molar refractivity (Wildman–Crippen MR) is 57.1 cm³/mol. The van der Waals surface area contributed by atoms with E-state index in [-0.39, 0.29) is 17.7 Å². The van der Waals surface area contributed by atoms with Crippen molar-refractivity contribution in [2.24, 2.45) is 16.0 Å². The van der Waals surface area contributed by atoms with Crippen molar-refractivity contribution in [2.75, 3.05) is 6.61 Å². The maximum absolute atomic E-state index is 8.68. The highest BCUT2D eigenvalue weighted by Crippen LogP contribution is 1.90. The van der Waals surface area contributed by atoms with E-state index in [1.165, 1.54) is 0 Å². The number of hydrogen-bond acceptors (Lipinski definition) is 5. The van der Waals surface area contributed by atoms with Crippen LogP contribution in [0, 0.1) is 11.3 Å². The first-order valence-corrected chi connectivity index (χ1v) is 4.71. The van der Waals surface area contributed by atoms with Gasteiger partial charge in [-0.2, -0.15) is 5.26 Å². The molecule has 0 heterocycles. The van der Waals surface area contributed by atoms with E-state index in [1.807, 2.05) is 6.92 Å². The zero-order chi connectivity index (χ0) is 11.7. The molecule has 0 bridgehead atoms. The molecule has 0 rings (SSSR count). The number of oxime groups is 2. The van der Waals surface area contributed by atoms with Crippen molar-refractivity contribution in [3.05, 3.63) is 0 Å². The summed E-state index contributed by atoms with van der Waals surface area (Å²) in [6.45, 7) is 5.96. The minimum Gasteiger partial charge on any atom is -0.395 e. The van der Waals surface area contributed by atoms with E-state index in [1.54, 1.807) is 19.9 Å². The van der Waals surface area contributed by atoms with Crippen molar-refractivity contribution >= 4 is 11.5 Å². The normalized spacial score (nSPS) is 12.5. The molecular weight excluding hydrogens is 196 g/mol. The fraction of sp³-hybridized carbons (Fsp3) is 0.667. The second kappa shape index (κ2) is 7.62. The smallest absolute Gasteiger partial charge is 0.224 e. The third-order valence-electron chi connectivity index (χ3n) is 1.16. The molecule has 6 nitrogen and oxygen atoms in total. The molecule has 0 atom stereocenters. The van der Waals surface area contributed by atoms with Crippen LogP contribution in [0.25, 0.3) is 0 Å². The van der Waals surface area contributed by atoms with Crippen molar-refractivity contribution in [1.29, 1.82) is 5.26 Å². The van der Waals surface area contributed by atoms with E-state index in [4.69, 9.17) is 20.7 Å². The fourth-order valence-corrected chi connectivity index (χ4v) is 0.531. The lowest BCUT2D eigenvalue weighted by Crippen LogP contribution is -2.24. The Kier molecular flexibility index (Phi) is 6.72. The van der Waals surface area contributed by atoms with E-state index in [0.29, 0.717) is 6.61 Å². The summed E-state index contributed by atoms with van der Waals surface area (Å²) >= 11 is 0. The Balaban J connectivity index is 4.34. The second-order valence-electron chi connectivity index (χ2n) is 3.02. The maximum atomic E-state index is 8.68. The minimum atomic E-state index is -0.0972. The van der Waals surface area contributed by atoms with Crippen LogP contribution >= 0.6 is 0 Å². The van der Waals surface area contributed by atoms with Crippen LogP contribution in [-0.4, -0.2) is 24.3 Å². The first-order valence-electron chi connectivity index (χ1n) is 4.71. The van der Waals surface area contributed by atoms with Crippen molar-refractivity contribution < 1.29 is 9.68 Å². The molecule has 0 aromatic carbocycles. The number of nitriles is 1. The van der Waals surface area contributed by atoms with Crippen LogP contribution in [-0.2, 0) is 9.68 Å². The average molecular weight is 212 g/mol. The van der Waals surface area contributed by atoms with Gasteiger partial charge in [-0.15, -0.1) is 0 Å². The largest absolute Gasteiger partial charge is 0.395 e. The van der Waals surface area contributed by atoms with Gasteiger partial charge in [0, 0.05) is 0 Å². The Morgan fingerprint density at radius 3 is 2.60 bits per heavy atom. The van der Waals surface area contributed by atoms with Gasteiger partial charge in [-0.3, -0.25) is 0 Å². The Bertz CT molecular complexity index is 278. The van der Waals surface area contributed by atoms with Crippen LogP contribution < -0.4 is 5.73 Å². The van der Waals surface area contributed by atoms with E-state index < -0.39 is 0 Å². The standard InChI is InChI=1S/C9H16N4O2/c1-4-5-14-12-8(6-10)9(11)13-15-7(2)3/h7H,4-5H2,1-3H3,(H2,11,13)/b12-8-. The van der Waals surface area contributed by atoms with Gasteiger partial charge in [0.15, 0.2) is 0 Å². The molecule has 0 saturated heterocycles. The zero-order valence-corrected chi connectivity index (χ0v) is 9.23. The maximum Gasteiger partial charge on any atom is 0.224 e. The molecule has 84 valence electrons. The van der Waals surface area contributed by atoms with Gasteiger partial charge in [0.2, 0.25) is 11.5 Å². The number of rotatable bonds is 6. The summed E-state index contributed by atoms with van der Waals surface area (Å²) in [6, 6.07) is 1.77. The van der Waals surface area contributed by atoms with E-state index >= 15 is 0 Å². The van der Waals surface area contributed by atoms with Gasteiger partial charge >= 0.3 is 0 Å². The van der Waals surface area contributed by atoms with E-state index in [0.717, 1.165) is 6.42 Å². The van der Waals surface area contributed by atoms with Crippen LogP contribution in [0.2, 0.25) is 0 Å². The Morgan fingerprint density at radius 2 is 2.13 bits per heavy atom. The van der Waals surface area contributed by atoms with Crippen molar-refractivity contribution in [2.45, 2.75) is 33.3 Å². The van der Waals surface area contributed by atoms with Crippen molar-refractivity contribution in [3.63, 3.8) is 0 Å². The summed E-state index contributed by atoms with van der Waals surface area (Å²) in [5.74, 6) is -0.0812. The van der Waals surface area contributed by atoms with Gasteiger partial charge in [0.05, 0.1) is 0 Å². The van der Waals surface area contributed by atoms with E-state index in [9.17, 15) is 0 Å². The summed E-state index contributed by atoms with van der Waals surface area (Å²) in [5.41, 5.74) is 5.37. The highest BCUT2D eigenvalue weighted by Gasteiger charge is 2.05. The number of amidine groups is 1. The Morgan fingerprint density at radius 1 is 1.47 bits per heavy atom. The molecule has 0 aliphatic heterocycles. The monoisotopic (exact) mass is 212 g/mol. The van der Waals surface area contributed by atoms with Crippen LogP contribution in [0.15, 0.2) is 10.3 Å². The molecule has 0 spiro atoms. The van der Waals surface area contributed by atoms with Gasteiger partial charge in [-0.25, -0.2) is 0 Å². The summed E-state index contributed by atoms with van der Waals surface area (Å²) < 4.78 is 0. The van der Waals surface area contributed by atoms with Gasteiger partial charge in [0.1, 0.15) is 18.8 Å². The van der Waals surface area contributed by atoms with Crippen molar-refractivity contribution in [1.82, 2.24) is 0 Å². The lowest BCUT2D eigenvalue weighted by molar-refractivity contribution is 0.0860. The van der Waals surface area contributed by atoms with Crippen LogP contribution in [0.3, 0.4) is 0 Å². The van der Waals surface area contributed by atoms with E-state index in [2.05, 4.69) is 10.3 Å². The molecule has 0 saturated carbocycles. The molecule has 0 aliphatic carbocycles. The fourth-order valence-electron chi connectivity index (χ4n) is 0.531. The van der Waals surface area contributed by atoms with Gasteiger partial charge in [0.25, 0.3) is 0 Å². The third-order valence-corrected chi connectivity index (χ3v) is 1.16. The highest BCUT2D eigenvalue weighted by atomic mass is 16.6. The molecule has 0 aromatic rings. The topological polar surface area (TPSA) is 93.0 Å². The van der Waals surface area contributed by atoms with Crippen LogP contribution in [0.4, 0.5) is 0 Å². The molecule has 0 aliphatic rings. The molecule has 0 fully saturated rings. The lowest BCUT2D eigenvalue weighted by atomic mass is 10.4. The van der Waals surface area contributed by atoms with Gasteiger partial charge in [-0.1, -0.05) is 17.2 Å². The molecular formula is C9H16N4O2. The molecule has 2 N–H and O–H groups in total. The lowest BCUT2D eigenvalue weighted by Gasteiger charge is -2.02. The molecule has 0 amide bonds. The molecule has 15 heavy (non-hydrogen) atoms. The summed E-state index contributed by atoms with van der Waals surface area (Å²) in [4.78, 5) is 9.68. The first kappa shape index (κ1) is 13.2. The minimum absolute atomic E-state index is 0.0795. The number of hydrogen-bond donors (Lipinski definition) is 1. The number of nitrogens with two attached hydrogens (primary N) is 1. The summed E-state index contributed by atoms with van der Waals surface area (Å²) in [7, 11) is 0. The highest BCUT2D eigenvalue weighted by molar-refractivity contribution is 6.46. The van der Waals surface area contributed by atoms with Gasteiger partial charge < -0.3 is 15.4 Å². The van der Waals surface area contributed by atoms with Crippen LogP contribution in [0.5, 0.6) is 0 Å². The molecule has 0 aromatic heterocycles. The number of nitrogens with zero attached hydrogens (tertiary/aromatic N) is 3. The summed E-state index contributed by atoms with van der Waals surface area (Å²) in [6.07, 6.45) is 0.710. The average Bonchev–Trinajstić information content (AvgIpc) is 2.21. The van der Waals surface area contributed by atoms with Crippen LogP contribution in [0.1, 0.15) is 27.2 Å². The predicted octanol–water partition coefficient (Wildman–Crippen LogP) is 0.990. The Labute approximate surface area is 89.3 Å². The molecule has 0 unspecified atom stereocenters. The molecule has 0 radical (unpaired) electrons. The summed E-state index contributed by atoms with van der Waals surface area (Å²) in [5, 5.41) is 15.7. The molecule has 6 heteroatoms. The SMILES string of the molecule is CCCO/N=C(C#N)\C(N)=N\OC(C)C. The zero-order valence-electron chi connectivity index (χ0n) is 9.23. The van der Waals surface area contributed by atoms with Gasteiger partial charge in [-0.05, 0) is 20.3 Å². The quantitative estimate of drug-likeness (QED) is 0.307. The second-order valence-corrected chi connectivity index (χ2v) is 3.02. The third kappa shape index (κ3) is 6.32.